The van der Waals surface area contributed by atoms with Gasteiger partial charge in [0.1, 0.15) is 11.9 Å². The van der Waals surface area contributed by atoms with Crippen LogP contribution in [0.25, 0.3) is 11.0 Å². The number of hydrogen-bond donors (Lipinski definition) is 1. The second-order valence-electron chi connectivity index (χ2n) is 7.42. The van der Waals surface area contributed by atoms with Crippen molar-refractivity contribution in [1.82, 2.24) is 19.2 Å². The molecule has 1 aliphatic rings. The zero-order valence-corrected chi connectivity index (χ0v) is 17.8. The highest BCUT2D eigenvalue weighted by molar-refractivity contribution is 7.89. The van der Waals surface area contributed by atoms with E-state index < -0.39 is 16.1 Å². The van der Waals surface area contributed by atoms with E-state index in [1.165, 1.54) is 4.31 Å². The van der Waals surface area contributed by atoms with E-state index in [1.54, 1.807) is 30.3 Å². The van der Waals surface area contributed by atoms with E-state index in [4.69, 9.17) is 0 Å². The Kier molecular flexibility index (Phi) is 5.87. The van der Waals surface area contributed by atoms with Gasteiger partial charge in [0.15, 0.2) is 0 Å². The summed E-state index contributed by atoms with van der Waals surface area (Å²) in [7, 11) is -3.72. The number of aromatic nitrogens is 2. The van der Waals surface area contributed by atoms with E-state index in [1.807, 2.05) is 31.2 Å². The lowest BCUT2D eigenvalue weighted by molar-refractivity contribution is -0.125. The first-order valence-corrected chi connectivity index (χ1v) is 11.7. The number of aryl methyl sites for hydroxylation is 1. The number of carbonyl (C=O) groups is 1. The van der Waals surface area contributed by atoms with Gasteiger partial charge in [-0.15, -0.1) is 0 Å². The molecule has 158 valence electrons. The van der Waals surface area contributed by atoms with E-state index in [0.29, 0.717) is 13.0 Å². The number of nitrogens with zero attached hydrogens (tertiary/aromatic N) is 3. The highest BCUT2D eigenvalue weighted by Crippen LogP contribution is 2.25. The smallest absolute Gasteiger partial charge is 0.243 e. The molecule has 1 N–H and O–H groups in total. The number of carbonyl (C=O) groups excluding carboxylic acids is 1. The predicted molar refractivity (Wildman–Crippen MR) is 115 cm³/mol. The largest absolute Gasteiger partial charge is 0.347 e. The number of para-hydroxylation sites is 2. The van der Waals surface area contributed by atoms with Gasteiger partial charge in [-0.25, -0.2) is 13.4 Å². The highest BCUT2D eigenvalue weighted by atomic mass is 32.2. The van der Waals surface area contributed by atoms with Gasteiger partial charge in [-0.05, 0) is 44.0 Å². The number of amides is 1. The fraction of sp³-hybridized carbons (Fsp3) is 0.364. The summed E-state index contributed by atoms with van der Waals surface area (Å²) in [6, 6.07) is 15.5. The highest BCUT2D eigenvalue weighted by Gasteiger charge is 2.37. The van der Waals surface area contributed by atoms with Gasteiger partial charge in [0.2, 0.25) is 15.9 Å². The van der Waals surface area contributed by atoms with Gasteiger partial charge >= 0.3 is 0 Å². The third-order valence-corrected chi connectivity index (χ3v) is 7.50. The number of rotatable bonds is 6. The quantitative estimate of drug-likeness (QED) is 0.657. The van der Waals surface area contributed by atoms with Crippen molar-refractivity contribution in [3.8, 4) is 0 Å². The first kappa shape index (κ1) is 20.6. The molecule has 0 spiro atoms. The average Bonchev–Trinajstić information content (AvgIpc) is 3.15. The molecule has 1 aliphatic heterocycles. The van der Waals surface area contributed by atoms with Crippen LogP contribution in [0.2, 0.25) is 0 Å². The van der Waals surface area contributed by atoms with Crippen LogP contribution < -0.4 is 5.32 Å². The summed E-state index contributed by atoms with van der Waals surface area (Å²) in [5.41, 5.74) is 1.91. The summed E-state index contributed by atoms with van der Waals surface area (Å²) in [6.07, 6.45) is 2.09. The molecule has 4 rings (SSSR count). The summed E-state index contributed by atoms with van der Waals surface area (Å²) < 4.78 is 29.7. The molecule has 0 bridgehead atoms. The van der Waals surface area contributed by atoms with Crippen LogP contribution in [0.1, 0.15) is 32.0 Å². The molecule has 1 fully saturated rings. The maximum Gasteiger partial charge on any atom is 0.243 e. The Balaban J connectivity index is 1.53. The van der Waals surface area contributed by atoms with Crippen molar-refractivity contribution >= 4 is 27.0 Å². The van der Waals surface area contributed by atoms with Crippen molar-refractivity contribution in [2.45, 2.75) is 50.2 Å². The number of imidazole rings is 1. The monoisotopic (exact) mass is 426 g/mol. The Labute approximate surface area is 176 Å². The number of piperidine rings is 1. The molecule has 2 aromatic carbocycles. The molecule has 2 heterocycles. The summed E-state index contributed by atoms with van der Waals surface area (Å²) in [6.45, 7) is 3.39. The minimum absolute atomic E-state index is 0.220. The Hall–Kier alpha value is -2.71. The van der Waals surface area contributed by atoms with Gasteiger partial charge in [-0.1, -0.05) is 36.8 Å². The molecule has 1 aromatic heterocycles. The van der Waals surface area contributed by atoms with Crippen LogP contribution in [0.4, 0.5) is 0 Å². The summed E-state index contributed by atoms with van der Waals surface area (Å²) >= 11 is 0. The van der Waals surface area contributed by atoms with Crippen LogP contribution >= 0.6 is 0 Å². The van der Waals surface area contributed by atoms with Gasteiger partial charge in [0.25, 0.3) is 0 Å². The molecule has 1 atom stereocenters. The fourth-order valence-electron chi connectivity index (χ4n) is 4.08. The third-order valence-electron chi connectivity index (χ3n) is 5.58. The molecule has 0 radical (unpaired) electrons. The van der Waals surface area contributed by atoms with Crippen LogP contribution in [0, 0.1) is 0 Å². The first-order valence-electron chi connectivity index (χ1n) is 10.3. The number of sulfonamides is 1. The normalized spacial score (nSPS) is 17.8. The minimum atomic E-state index is -3.72. The molecular weight excluding hydrogens is 400 g/mol. The number of fused-ring (bicyclic) bond motifs is 1. The molecular formula is C22H26N4O3S. The lowest BCUT2D eigenvalue weighted by Gasteiger charge is -2.33. The van der Waals surface area contributed by atoms with Gasteiger partial charge in [0.05, 0.1) is 22.5 Å². The van der Waals surface area contributed by atoms with Gasteiger partial charge in [-0.3, -0.25) is 4.79 Å². The zero-order chi connectivity index (χ0) is 21.1. The average molecular weight is 427 g/mol. The Bertz CT molecular complexity index is 1140. The summed E-state index contributed by atoms with van der Waals surface area (Å²) in [4.78, 5) is 17.9. The maximum absolute atomic E-state index is 13.1. The molecule has 1 unspecified atom stereocenters. The Morgan fingerprint density at radius 1 is 1.10 bits per heavy atom. The molecule has 8 heteroatoms. The van der Waals surface area contributed by atoms with Crippen LogP contribution in [0.5, 0.6) is 0 Å². The van der Waals surface area contributed by atoms with E-state index >= 15 is 0 Å². The van der Waals surface area contributed by atoms with Gasteiger partial charge in [-0.2, -0.15) is 4.31 Å². The van der Waals surface area contributed by atoms with Crippen LogP contribution in [-0.4, -0.2) is 40.8 Å². The topological polar surface area (TPSA) is 84.3 Å². The second-order valence-corrected chi connectivity index (χ2v) is 9.31. The lowest BCUT2D eigenvalue weighted by atomic mass is 10.0. The first-order chi connectivity index (χ1) is 14.5. The lowest BCUT2D eigenvalue weighted by Crippen LogP contribution is -2.51. The Morgan fingerprint density at radius 2 is 1.83 bits per heavy atom. The van der Waals surface area contributed by atoms with Crippen molar-refractivity contribution < 1.29 is 13.2 Å². The number of hydrogen-bond acceptors (Lipinski definition) is 4. The molecule has 3 aromatic rings. The molecule has 1 amide bonds. The van der Waals surface area contributed by atoms with Crippen molar-refractivity contribution in [1.29, 1.82) is 0 Å². The molecule has 1 saturated heterocycles. The van der Waals surface area contributed by atoms with Gasteiger partial charge in [0, 0.05) is 13.1 Å². The van der Waals surface area contributed by atoms with Gasteiger partial charge < -0.3 is 9.88 Å². The molecule has 0 saturated carbocycles. The molecule has 7 nitrogen and oxygen atoms in total. The van der Waals surface area contributed by atoms with Crippen LogP contribution in [0.15, 0.2) is 59.5 Å². The standard InChI is InChI=1S/C22H26N4O3S/c1-2-25-19-13-7-6-12-18(19)24-21(25)16-23-22(27)20-14-8-9-15-26(20)30(28,29)17-10-4-3-5-11-17/h3-7,10-13,20H,2,8-9,14-16H2,1H3,(H,23,27). The predicted octanol–water partition coefficient (Wildman–Crippen LogP) is 2.92. The SMILES string of the molecule is CCn1c(CNC(=O)C2CCCCN2S(=O)(=O)c2ccccc2)nc2ccccc21. The summed E-state index contributed by atoms with van der Waals surface area (Å²) in [5, 5.41) is 2.93. The van der Waals surface area contributed by atoms with E-state index in [9.17, 15) is 13.2 Å². The van der Waals surface area contributed by atoms with Crippen molar-refractivity contribution in [3.05, 3.63) is 60.4 Å². The number of nitrogens with one attached hydrogen (secondary N) is 1. The minimum Gasteiger partial charge on any atom is -0.347 e. The summed E-state index contributed by atoms with van der Waals surface area (Å²) in [5.74, 6) is 0.490. The van der Waals surface area contributed by atoms with E-state index in [0.717, 1.165) is 36.2 Å². The zero-order valence-electron chi connectivity index (χ0n) is 17.0. The van der Waals surface area contributed by atoms with Crippen molar-refractivity contribution in [2.24, 2.45) is 0 Å². The van der Waals surface area contributed by atoms with Crippen LogP contribution in [0.3, 0.4) is 0 Å². The Morgan fingerprint density at radius 3 is 2.60 bits per heavy atom. The third kappa shape index (κ3) is 3.85. The van der Waals surface area contributed by atoms with Crippen LogP contribution in [-0.2, 0) is 27.9 Å². The van der Waals surface area contributed by atoms with Crippen molar-refractivity contribution in [3.63, 3.8) is 0 Å². The maximum atomic E-state index is 13.1. The molecule has 0 aliphatic carbocycles. The van der Waals surface area contributed by atoms with E-state index in [2.05, 4.69) is 14.9 Å². The number of benzene rings is 2. The second kappa shape index (κ2) is 8.57. The van der Waals surface area contributed by atoms with Crippen molar-refractivity contribution in [2.75, 3.05) is 6.54 Å². The fourth-order valence-corrected chi connectivity index (χ4v) is 5.76. The van der Waals surface area contributed by atoms with E-state index in [-0.39, 0.29) is 17.3 Å². The molecule has 30 heavy (non-hydrogen) atoms.